The van der Waals surface area contributed by atoms with Crippen LogP contribution < -0.4 is 14.8 Å². The van der Waals surface area contributed by atoms with Crippen molar-refractivity contribution in [1.82, 2.24) is 9.97 Å². The molecule has 0 aliphatic rings. The highest BCUT2D eigenvalue weighted by Gasteiger charge is 2.07. The van der Waals surface area contributed by atoms with Crippen molar-refractivity contribution in [3.63, 3.8) is 0 Å². The van der Waals surface area contributed by atoms with Crippen LogP contribution in [0.25, 0.3) is 0 Å². The van der Waals surface area contributed by atoms with E-state index in [0.717, 1.165) is 17.0 Å². The van der Waals surface area contributed by atoms with Crippen LogP contribution >= 0.6 is 0 Å². The van der Waals surface area contributed by atoms with E-state index in [-0.39, 0.29) is 12.5 Å². The summed E-state index contributed by atoms with van der Waals surface area (Å²) in [6.45, 7) is 5.66. The van der Waals surface area contributed by atoms with Crippen molar-refractivity contribution in [2.75, 3.05) is 11.9 Å². The van der Waals surface area contributed by atoms with Crippen molar-refractivity contribution in [3.05, 3.63) is 71.5 Å². The van der Waals surface area contributed by atoms with Gasteiger partial charge in [0.25, 0.3) is 5.91 Å². The van der Waals surface area contributed by atoms with Gasteiger partial charge >= 0.3 is 6.01 Å². The van der Waals surface area contributed by atoms with Crippen molar-refractivity contribution in [3.8, 4) is 17.5 Å². The number of nitrogens with zero attached hydrogens (tertiary/aromatic N) is 2. The Bertz CT molecular complexity index is 919. The molecule has 2 aromatic carbocycles. The molecular formula is C21H21N3O3. The van der Waals surface area contributed by atoms with Gasteiger partial charge in [-0.25, -0.2) is 9.97 Å². The van der Waals surface area contributed by atoms with E-state index >= 15 is 0 Å². The number of rotatable bonds is 6. The molecule has 0 aliphatic carbocycles. The summed E-state index contributed by atoms with van der Waals surface area (Å²) < 4.78 is 11.2. The van der Waals surface area contributed by atoms with Gasteiger partial charge < -0.3 is 14.8 Å². The number of aryl methyl sites for hydroxylation is 3. The Kier molecular flexibility index (Phi) is 5.66. The van der Waals surface area contributed by atoms with Crippen molar-refractivity contribution < 1.29 is 14.3 Å². The minimum atomic E-state index is -0.232. The topological polar surface area (TPSA) is 73.3 Å². The third-order valence-electron chi connectivity index (χ3n) is 3.76. The van der Waals surface area contributed by atoms with E-state index in [4.69, 9.17) is 9.47 Å². The number of hydrogen-bond donors (Lipinski definition) is 1. The van der Waals surface area contributed by atoms with E-state index < -0.39 is 0 Å². The van der Waals surface area contributed by atoms with Crippen LogP contribution in [0.3, 0.4) is 0 Å². The predicted octanol–water partition coefficient (Wildman–Crippen LogP) is 4.21. The van der Waals surface area contributed by atoms with Gasteiger partial charge in [-0.1, -0.05) is 18.2 Å². The molecule has 6 nitrogen and oxygen atoms in total. The number of aromatic nitrogens is 2. The molecule has 6 heteroatoms. The number of nitrogens with one attached hydrogen (secondary N) is 1. The zero-order chi connectivity index (χ0) is 19.2. The van der Waals surface area contributed by atoms with Gasteiger partial charge in [-0.05, 0) is 62.7 Å². The van der Waals surface area contributed by atoms with Gasteiger partial charge in [0.2, 0.25) is 0 Å². The molecule has 0 unspecified atom stereocenters. The van der Waals surface area contributed by atoms with E-state index in [9.17, 15) is 4.79 Å². The third kappa shape index (κ3) is 5.28. The summed E-state index contributed by atoms with van der Waals surface area (Å²) >= 11 is 0. The molecule has 27 heavy (non-hydrogen) atoms. The molecular weight excluding hydrogens is 342 g/mol. The lowest BCUT2D eigenvalue weighted by Crippen LogP contribution is -2.20. The maximum atomic E-state index is 12.1. The van der Waals surface area contributed by atoms with E-state index in [1.165, 1.54) is 0 Å². The second-order valence-electron chi connectivity index (χ2n) is 6.16. The average molecular weight is 363 g/mol. The first kappa shape index (κ1) is 18.4. The molecule has 0 fully saturated rings. The lowest BCUT2D eigenvalue weighted by Gasteiger charge is -2.10. The normalized spacial score (nSPS) is 10.3. The Labute approximate surface area is 158 Å². The van der Waals surface area contributed by atoms with E-state index in [1.807, 2.05) is 51.1 Å². The number of carbonyl (C=O) groups excluding carboxylic acids is 1. The first-order chi connectivity index (χ1) is 13.0. The summed E-state index contributed by atoms with van der Waals surface area (Å²) in [5.74, 6) is 1.06. The lowest BCUT2D eigenvalue weighted by molar-refractivity contribution is -0.118. The van der Waals surface area contributed by atoms with Crippen LogP contribution in [-0.4, -0.2) is 22.5 Å². The summed E-state index contributed by atoms with van der Waals surface area (Å²) in [6.07, 6.45) is 0. The average Bonchev–Trinajstić information content (AvgIpc) is 2.62. The highest BCUT2D eigenvalue weighted by molar-refractivity contribution is 5.91. The molecule has 0 atom stereocenters. The maximum absolute atomic E-state index is 12.1. The van der Waals surface area contributed by atoms with Crippen molar-refractivity contribution in [2.24, 2.45) is 0 Å². The van der Waals surface area contributed by atoms with E-state index in [0.29, 0.717) is 23.2 Å². The largest absolute Gasteiger partial charge is 0.483 e. The summed E-state index contributed by atoms with van der Waals surface area (Å²) in [6, 6.07) is 16.8. The molecule has 0 bridgehead atoms. The fourth-order valence-electron chi connectivity index (χ4n) is 2.51. The first-order valence-corrected chi connectivity index (χ1v) is 8.58. The van der Waals surface area contributed by atoms with Gasteiger partial charge in [0.1, 0.15) is 11.5 Å². The Hall–Kier alpha value is -3.41. The monoisotopic (exact) mass is 363 g/mol. The maximum Gasteiger partial charge on any atom is 0.322 e. The molecule has 1 amide bonds. The number of amides is 1. The summed E-state index contributed by atoms with van der Waals surface area (Å²) in [5, 5.41) is 2.79. The number of ether oxygens (including phenoxy) is 2. The molecule has 1 aromatic heterocycles. The van der Waals surface area contributed by atoms with Crippen LogP contribution in [0.1, 0.15) is 17.0 Å². The standard InChI is InChI=1S/C21H21N3O3/c1-14-6-4-5-7-19(14)26-13-20(25)24-17-8-10-18(11-9-17)27-21-22-15(2)12-16(3)23-21/h4-12H,13H2,1-3H3,(H,24,25). The Morgan fingerprint density at radius 3 is 2.30 bits per heavy atom. The van der Waals surface area contributed by atoms with Crippen molar-refractivity contribution >= 4 is 11.6 Å². The van der Waals surface area contributed by atoms with Gasteiger partial charge in [0.15, 0.2) is 6.61 Å². The van der Waals surface area contributed by atoms with Crippen LogP contribution in [0.5, 0.6) is 17.5 Å². The number of anilines is 1. The molecule has 0 saturated carbocycles. The van der Waals surface area contributed by atoms with Crippen LogP contribution in [-0.2, 0) is 4.79 Å². The van der Waals surface area contributed by atoms with Crippen molar-refractivity contribution in [1.29, 1.82) is 0 Å². The minimum absolute atomic E-state index is 0.0560. The molecule has 3 rings (SSSR count). The van der Waals surface area contributed by atoms with Gasteiger partial charge in [-0.15, -0.1) is 0 Å². The molecule has 1 N–H and O–H groups in total. The number of hydrogen-bond acceptors (Lipinski definition) is 5. The Morgan fingerprint density at radius 2 is 1.63 bits per heavy atom. The molecule has 138 valence electrons. The van der Waals surface area contributed by atoms with Crippen LogP contribution in [0.2, 0.25) is 0 Å². The highest BCUT2D eigenvalue weighted by Crippen LogP contribution is 2.21. The van der Waals surface area contributed by atoms with Crippen LogP contribution in [0.15, 0.2) is 54.6 Å². The summed E-state index contributed by atoms with van der Waals surface area (Å²) in [5.41, 5.74) is 3.33. The van der Waals surface area contributed by atoms with E-state index in [2.05, 4.69) is 15.3 Å². The lowest BCUT2D eigenvalue weighted by atomic mass is 10.2. The predicted molar refractivity (Wildman–Crippen MR) is 103 cm³/mol. The zero-order valence-corrected chi connectivity index (χ0v) is 15.5. The summed E-state index contributed by atoms with van der Waals surface area (Å²) in [4.78, 5) is 20.5. The fraction of sp³-hybridized carbons (Fsp3) is 0.190. The molecule has 0 spiro atoms. The molecule has 0 aliphatic heterocycles. The highest BCUT2D eigenvalue weighted by atomic mass is 16.5. The van der Waals surface area contributed by atoms with E-state index in [1.54, 1.807) is 24.3 Å². The SMILES string of the molecule is Cc1cc(C)nc(Oc2ccc(NC(=O)COc3ccccc3C)cc2)n1. The summed E-state index contributed by atoms with van der Waals surface area (Å²) in [7, 11) is 0. The molecule has 0 radical (unpaired) electrons. The quantitative estimate of drug-likeness (QED) is 0.710. The van der Waals surface area contributed by atoms with Crippen molar-refractivity contribution in [2.45, 2.75) is 20.8 Å². The number of benzene rings is 2. The number of carbonyl (C=O) groups is 1. The van der Waals surface area contributed by atoms with Gasteiger partial charge in [-0.2, -0.15) is 0 Å². The minimum Gasteiger partial charge on any atom is -0.483 e. The van der Waals surface area contributed by atoms with Crippen LogP contribution in [0, 0.1) is 20.8 Å². The zero-order valence-electron chi connectivity index (χ0n) is 15.5. The molecule has 1 heterocycles. The first-order valence-electron chi connectivity index (χ1n) is 8.58. The number of para-hydroxylation sites is 1. The smallest absolute Gasteiger partial charge is 0.322 e. The van der Waals surface area contributed by atoms with Gasteiger partial charge in [0, 0.05) is 17.1 Å². The fourth-order valence-corrected chi connectivity index (χ4v) is 2.51. The Balaban J connectivity index is 1.55. The van der Waals surface area contributed by atoms with Gasteiger partial charge in [-0.3, -0.25) is 4.79 Å². The van der Waals surface area contributed by atoms with Crippen LogP contribution in [0.4, 0.5) is 5.69 Å². The molecule has 0 saturated heterocycles. The third-order valence-corrected chi connectivity index (χ3v) is 3.76. The van der Waals surface area contributed by atoms with Gasteiger partial charge in [0.05, 0.1) is 0 Å². The molecule has 3 aromatic rings. The second kappa shape index (κ2) is 8.31. The Morgan fingerprint density at radius 1 is 0.963 bits per heavy atom. The second-order valence-corrected chi connectivity index (χ2v) is 6.16.